The third-order valence-corrected chi connectivity index (χ3v) is 4.79. The average Bonchev–Trinajstić information content (AvgIpc) is 2.97. The van der Waals surface area contributed by atoms with Gasteiger partial charge in [-0.1, -0.05) is 6.07 Å². The van der Waals surface area contributed by atoms with Crippen LogP contribution in [0.1, 0.15) is 36.8 Å². The van der Waals surface area contributed by atoms with E-state index < -0.39 is 0 Å². The maximum absolute atomic E-state index is 13.3. The minimum absolute atomic E-state index is 0.0849. The summed E-state index contributed by atoms with van der Waals surface area (Å²) in [6.07, 6.45) is 4.37. The molecule has 5 nitrogen and oxygen atoms in total. The Labute approximate surface area is 149 Å². The predicted octanol–water partition coefficient (Wildman–Crippen LogP) is 2.83. The molecule has 138 valence electrons. The summed E-state index contributed by atoms with van der Waals surface area (Å²) in [4.78, 5) is 0. The van der Waals surface area contributed by atoms with Crippen LogP contribution in [-0.4, -0.2) is 49.8 Å². The van der Waals surface area contributed by atoms with Gasteiger partial charge in [-0.3, -0.25) is 5.01 Å². The Bertz CT molecular complexity index is 602. The number of nitrogens with one attached hydrogen (secondary N) is 1. The van der Waals surface area contributed by atoms with Gasteiger partial charge in [0, 0.05) is 19.6 Å². The first kappa shape index (κ1) is 18.3. The van der Waals surface area contributed by atoms with Gasteiger partial charge in [0.15, 0.2) is 6.23 Å². The summed E-state index contributed by atoms with van der Waals surface area (Å²) >= 11 is 0. The van der Waals surface area contributed by atoms with Gasteiger partial charge in [0.05, 0.1) is 25.0 Å². The van der Waals surface area contributed by atoms with Gasteiger partial charge in [0.2, 0.25) is 0 Å². The molecule has 1 aromatic carbocycles. The fourth-order valence-electron chi connectivity index (χ4n) is 3.38. The Kier molecular flexibility index (Phi) is 6.39. The van der Waals surface area contributed by atoms with E-state index in [0.29, 0.717) is 6.61 Å². The van der Waals surface area contributed by atoms with E-state index in [2.05, 4.69) is 5.32 Å². The second-order valence-electron chi connectivity index (χ2n) is 6.85. The highest BCUT2D eigenvalue weighted by molar-refractivity contribution is 5.87. The van der Waals surface area contributed by atoms with Crippen LogP contribution in [-0.2, 0) is 16.1 Å². The normalized spacial score (nSPS) is 23.8. The molecule has 2 aliphatic rings. The van der Waals surface area contributed by atoms with Gasteiger partial charge < -0.3 is 14.8 Å². The third-order valence-electron chi connectivity index (χ3n) is 4.79. The summed E-state index contributed by atoms with van der Waals surface area (Å²) in [7, 11) is 1.92. The molecular weight excluding hydrogens is 321 g/mol. The molecule has 1 N–H and O–H groups in total. The highest BCUT2D eigenvalue weighted by atomic mass is 19.1. The zero-order valence-corrected chi connectivity index (χ0v) is 15.1. The lowest BCUT2D eigenvalue weighted by Gasteiger charge is -2.30. The molecule has 0 radical (unpaired) electrons. The maximum Gasteiger partial charge on any atom is 0.151 e. The van der Waals surface area contributed by atoms with E-state index in [0.717, 1.165) is 55.8 Å². The molecule has 2 atom stereocenters. The van der Waals surface area contributed by atoms with Crippen LogP contribution in [0.25, 0.3) is 0 Å². The summed E-state index contributed by atoms with van der Waals surface area (Å²) in [6, 6.07) is 4.82. The lowest BCUT2D eigenvalue weighted by atomic mass is 10.1. The van der Waals surface area contributed by atoms with Crippen LogP contribution in [0.15, 0.2) is 23.3 Å². The Morgan fingerprint density at radius 3 is 3.00 bits per heavy atom. The minimum Gasteiger partial charge on any atom is -0.376 e. The van der Waals surface area contributed by atoms with Gasteiger partial charge >= 0.3 is 0 Å². The summed E-state index contributed by atoms with van der Waals surface area (Å²) < 4.78 is 25.3. The second-order valence-corrected chi connectivity index (χ2v) is 6.85. The number of halogens is 1. The van der Waals surface area contributed by atoms with Crippen molar-refractivity contribution in [2.75, 3.05) is 26.7 Å². The first-order valence-corrected chi connectivity index (χ1v) is 9.11. The predicted molar refractivity (Wildman–Crippen MR) is 96.0 cm³/mol. The van der Waals surface area contributed by atoms with Gasteiger partial charge in [-0.2, -0.15) is 5.10 Å². The molecular formula is C19H28FN3O2. The number of benzene rings is 1. The minimum atomic E-state index is -0.210. The summed E-state index contributed by atoms with van der Waals surface area (Å²) in [6.45, 7) is 4.73. The van der Waals surface area contributed by atoms with E-state index in [9.17, 15) is 4.39 Å². The van der Waals surface area contributed by atoms with Crippen LogP contribution in [0.3, 0.4) is 0 Å². The number of hydrazone groups is 1. The van der Waals surface area contributed by atoms with E-state index in [-0.39, 0.29) is 18.1 Å². The lowest BCUT2D eigenvalue weighted by Crippen LogP contribution is -2.38. The number of nitrogens with zero attached hydrogens (tertiary/aromatic N) is 2. The van der Waals surface area contributed by atoms with E-state index >= 15 is 0 Å². The number of hydrogen-bond acceptors (Lipinski definition) is 5. The number of rotatable bonds is 7. The van der Waals surface area contributed by atoms with E-state index in [1.54, 1.807) is 12.1 Å². The van der Waals surface area contributed by atoms with Crippen molar-refractivity contribution in [3.05, 3.63) is 35.1 Å². The Morgan fingerprint density at radius 1 is 1.40 bits per heavy atom. The van der Waals surface area contributed by atoms with Gasteiger partial charge in [-0.15, -0.1) is 0 Å². The van der Waals surface area contributed by atoms with Crippen LogP contribution in [0.2, 0.25) is 0 Å². The molecule has 0 bridgehead atoms. The Balaban J connectivity index is 1.61. The molecule has 1 fully saturated rings. The maximum atomic E-state index is 13.3. The van der Waals surface area contributed by atoms with Crippen molar-refractivity contribution in [2.24, 2.45) is 5.10 Å². The Hall–Kier alpha value is -1.50. The molecule has 25 heavy (non-hydrogen) atoms. The molecule has 0 aliphatic carbocycles. The van der Waals surface area contributed by atoms with Gasteiger partial charge in [-0.05, 0) is 56.5 Å². The van der Waals surface area contributed by atoms with Gasteiger partial charge in [-0.25, -0.2) is 4.39 Å². The highest BCUT2D eigenvalue weighted by Gasteiger charge is 2.29. The zero-order valence-electron chi connectivity index (χ0n) is 15.1. The van der Waals surface area contributed by atoms with Crippen LogP contribution in [0, 0.1) is 12.7 Å². The third kappa shape index (κ3) is 5.00. The molecule has 2 heterocycles. The molecule has 2 unspecified atom stereocenters. The molecule has 0 spiro atoms. The first-order chi connectivity index (χ1) is 12.2. The van der Waals surface area contributed by atoms with E-state index in [1.165, 1.54) is 12.5 Å². The average molecular weight is 349 g/mol. The highest BCUT2D eigenvalue weighted by Crippen LogP contribution is 2.23. The molecule has 0 saturated carbocycles. The van der Waals surface area contributed by atoms with Crippen LogP contribution < -0.4 is 5.32 Å². The molecule has 3 rings (SSSR count). The standard InChI is InChI=1S/C19H28FN3O2/c1-14-9-16(20)7-6-15(14)13-25-19-10-17(11-21-2)22-23(19)12-18-5-3-4-8-24-18/h6-7,9,18-19,21H,3-5,8,10-13H2,1-2H3. The molecule has 1 saturated heterocycles. The van der Waals surface area contributed by atoms with E-state index in [1.807, 2.05) is 19.0 Å². The largest absolute Gasteiger partial charge is 0.376 e. The van der Waals surface area contributed by atoms with Crippen molar-refractivity contribution in [3.8, 4) is 0 Å². The van der Waals surface area contributed by atoms with E-state index in [4.69, 9.17) is 14.6 Å². The number of ether oxygens (including phenoxy) is 2. The summed E-state index contributed by atoms with van der Waals surface area (Å²) in [5.74, 6) is -0.210. The smallest absolute Gasteiger partial charge is 0.151 e. The van der Waals surface area contributed by atoms with Crippen molar-refractivity contribution in [1.82, 2.24) is 10.3 Å². The number of hydrogen-bond donors (Lipinski definition) is 1. The molecule has 6 heteroatoms. The Morgan fingerprint density at radius 2 is 2.28 bits per heavy atom. The zero-order chi connectivity index (χ0) is 17.6. The molecule has 0 amide bonds. The molecule has 1 aromatic rings. The molecule has 0 aromatic heterocycles. The van der Waals surface area contributed by atoms with Crippen molar-refractivity contribution < 1.29 is 13.9 Å². The van der Waals surface area contributed by atoms with Gasteiger partial charge in [0.1, 0.15) is 5.82 Å². The monoisotopic (exact) mass is 349 g/mol. The second kappa shape index (κ2) is 8.74. The van der Waals surface area contributed by atoms with Crippen LogP contribution in [0.5, 0.6) is 0 Å². The quantitative estimate of drug-likeness (QED) is 0.822. The van der Waals surface area contributed by atoms with Crippen LogP contribution >= 0.6 is 0 Å². The first-order valence-electron chi connectivity index (χ1n) is 9.11. The fourth-order valence-corrected chi connectivity index (χ4v) is 3.38. The molecule has 2 aliphatic heterocycles. The van der Waals surface area contributed by atoms with Crippen molar-refractivity contribution >= 4 is 5.71 Å². The lowest BCUT2D eigenvalue weighted by molar-refractivity contribution is -0.0838. The van der Waals surface area contributed by atoms with Gasteiger partial charge in [0.25, 0.3) is 0 Å². The number of aryl methyl sites for hydroxylation is 1. The van der Waals surface area contributed by atoms with Crippen molar-refractivity contribution in [3.63, 3.8) is 0 Å². The van der Waals surface area contributed by atoms with Crippen molar-refractivity contribution in [1.29, 1.82) is 0 Å². The fraction of sp³-hybridized carbons (Fsp3) is 0.632. The topological polar surface area (TPSA) is 46.1 Å². The SMILES string of the molecule is CNCC1=NN(CC2CCCCO2)C(OCc2ccc(F)cc2C)C1. The van der Waals surface area contributed by atoms with Crippen molar-refractivity contribution in [2.45, 2.75) is 51.5 Å². The summed E-state index contributed by atoms with van der Waals surface area (Å²) in [5.41, 5.74) is 3.02. The van der Waals surface area contributed by atoms with Crippen LogP contribution in [0.4, 0.5) is 4.39 Å². The summed E-state index contributed by atoms with van der Waals surface area (Å²) in [5, 5.41) is 9.91.